The zero-order chi connectivity index (χ0) is 8.43. The van der Waals surface area contributed by atoms with Crippen LogP contribution in [0.1, 0.15) is 26.2 Å². The van der Waals surface area contributed by atoms with Crippen molar-refractivity contribution in [2.75, 3.05) is 0 Å². The molecular weight excluding hydrogens is 144 g/mol. The molecule has 2 unspecified atom stereocenters. The molecule has 64 valence electrons. The van der Waals surface area contributed by atoms with Crippen LogP contribution >= 0.6 is 0 Å². The molecule has 0 heterocycles. The molecule has 0 aliphatic heterocycles. The van der Waals surface area contributed by atoms with Crippen LogP contribution < -0.4 is 0 Å². The number of carbonyl (C=O) groups is 1. The quantitative estimate of drug-likeness (QED) is 0.627. The third-order valence-electron chi connectivity index (χ3n) is 2.51. The molecule has 0 bridgehead atoms. The van der Waals surface area contributed by atoms with Gasteiger partial charge < -0.3 is 10.2 Å². The SMILES string of the molecule is CCC1C[C@@H](O)CC1C(=O)O. The van der Waals surface area contributed by atoms with Gasteiger partial charge in [0.25, 0.3) is 0 Å². The molecule has 0 saturated heterocycles. The van der Waals surface area contributed by atoms with E-state index in [0.29, 0.717) is 12.8 Å². The molecule has 0 aromatic rings. The largest absolute Gasteiger partial charge is 0.481 e. The first-order valence-corrected chi connectivity index (χ1v) is 4.06. The zero-order valence-electron chi connectivity index (χ0n) is 6.66. The van der Waals surface area contributed by atoms with Crippen LogP contribution in [0.15, 0.2) is 0 Å². The number of hydrogen-bond acceptors (Lipinski definition) is 2. The maximum atomic E-state index is 10.6. The van der Waals surface area contributed by atoms with E-state index in [1.165, 1.54) is 0 Å². The highest BCUT2D eigenvalue weighted by Crippen LogP contribution is 2.34. The van der Waals surface area contributed by atoms with E-state index in [0.717, 1.165) is 6.42 Å². The summed E-state index contributed by atoms with van der Waals surface area (Å²) < 4.78 is 0. The lowest BCUT2D eigenvalue weighted by atomic mass is 9.94. The lowest BCUT2D eigenvalue weighted by Gasteiger charge is -2.11. The van der Waals surface area contributed by atoms with Crippen LogP contribution in [-0.4, -0.2) is 22.3 Å². The van der Waals surface area contributed by atoms with E-state index < -0.39 is 5.97 Å². The smallest absolute Gasteiger partial charge is 0.306 e. The van der Waals surface area contributed by atoms with Gasteiger partial charge in [-0.2, -0.15) is 0 Å². The molecule has 1 fully saturated rings. The summed E-state index contributed by atoms with van der Waals surface area (Å²) in [6.45, 7) is 1.97. The lowest BCUT2D eigenvalue weighted by Crippen LogP contribution is -2.17. The number of aliphatic carboxylic acids is 1. The summed E-state index contributed by atoms with van der Waals surface area (Å²) in [6.07, 6.45) is 1.57. The first-order valence-electron chi connectivity index (χ1n) is 4.06. The number of carboxylic acids is 1. The van der Waals surface area contributed by atoms with Crippen molar-refractivity contribution < 1.29 is 15.0 Å². The Morgan fingerprint density at radius 3 is 2.55 bits per heavy atom. The summed E-state index contributed by atoms with van der Waals surface area (Å²) in [6, 6.07) is 0. The average Bonchev–Trinajstić information content (AvgIpc) is 2.30. The van der Waals surface area contributed by atoms with E-state index in [9.17, 15) is 9.90 Å². The monoisotopic (exact) mass is 158 g/mol. The van der Waals surface area contributed by atoms with Gasteiger partial charge in [-0.05, 0) is 18.8 Å². The molecule has 0 aromatic carbocycles. The lowest BCUT2D eigenvalue weighted by molar-refractivity contribution is -0.143. The summed E-state index contributed by atoms with van der Waals surface area (Å²) >= 11 is 0. The van der Waals surface area contributed by atoms with Crippen molar-refractivity contribution in [3.05, 3.63) is 0 Å². The maximum absolute atomic E-state index is 10.6. The van der Waals surface area contributed by atoms with Crippen LogP contribution in [0.2, 0.25) is 0 Å². The van der Waals surface area contributed by atoms with Crippen molar-refractivity contribution in [2.45, 2.75) is 32.3 Å². The van der Waals surface area contributed by atoms with Crippen molar-refractivity contribution in [2.24, 2.45) is 11.8 Å². The Labute approximate surface area is 66.0 Å². The average molecular weight is 158 g/mol. The van der Waals surface area contributed by atoms with E-state index >= 15 is 0 Å². The first kappa shape index (κ1) is 8.53. The fraction of sp³-hybridized carbons (Fsp3) is 0.875. The van der Waals surface area contributed by atoms with Gasteiger partial charge in [0.15, 0.2) is 0 Å². The molecule has 1 saturated carbocycles. The summed E-state index contributed by atoms with van der Waals surface area (Å²) in [5.74, 6) is -0.883. The Kier molecular flexibility index (Phi) is 2.49. The van der Waals surface area contributed by atoms with Gasteiger partial charge in [0.1, 0.15) is 0 Å². The summed E-state index contributed by atoms with van der Waals surface area (Å²) in [7, 11) is 0. The minimum Gasteiger partial charge on any atom is -0.481 e. The molecule has 11 heavy (non-hydrogen) atoms. The van der Waals surface area contributed by atoms with Crippen molar-refractivity contribution in [3.8, 4) is 0 Å². The molecule has 0 amide bonds. The molecule has 3 nitrogen and oxygen atoms in total. The van der Waals surface area contributed by atoms with E-state index in [1.54, 1.807) is 0 Å². The van der Waals surface area contributed by atoms with Crippen molar-refractivity contribution >= 4 is 5.97 Å². The van der Waals surface area contributed by atoms with E-state index in [1.807, 2.05) is 6.92 Å². The predicted octanol–water partition coefficient (Wildman–Crippen LogP) is 0.868. The highest BCUT2D eigenvalue weighted by Gasteiger charge is 2.36. The van der Waals surface area contributed by atoms with Crippen LogP contribution in [0.5, 0.6) is 0 Å². The molecule has 1 aliphatic rings. The second-order valence-corrected chi connectivity index (χ2v) is 3.24. The predicted molar refractivity (Wildman–Crippen MR) is 40.1 cm³/mol. The second kappa shape index (κ2) is 3.22. The van der Waals surface area contributed by atoms with Crippen molar-refractivity contribution in [1.29, 1.82) is 0 Å². The van der Waals surface area contributed by atoms with Gasteiger partial charge in [0, 0.05) is 0 Å². The third kappa shape index (κ3) is 1.71. The van der Waals surface area contributed by atoms with E-state index in [4.69, 9.17) is 5.11 Å². The number of carboxylic acid groups (broad SMARTS) is 1. The Balaban J connectivity index is 2.57. The van der Waals surface area contributed by atoms with Crippen molar-refractivity contribution in [1.82, 2.24) is 0 Å². The van der Waals surface area contributed by atoms with Crippen LogP contribution in [-0.2, 0) is 4.79 Å². The maximum Gasteiger partial charge on any atom is 0.306 e. The summed E-state index contributed by atoms with van der Waals surface area (Å²) in [5.41, 5.74) is 0. The van der Waals surface area contributed by atoms with Gasteiger partial charge in [-0.1, -0.05) is 13.3 Å². The Bertz CT molecular complexity index is 155. The molecule has 0 aromatic heterocycles. The molecule has 2 N–H and O–H groups in total. The van der Waals surface area contributed by atoms with Gasteiger partial charge in [-0.25, -0.2) is 0 Å². The number of aliphatic hydroxyl groups is 1. The third-order valence-corrected chi connectivity index (χ3v) is 2.51. The Morgan fingerprint density at radius 2 is 2.18 bits per heavy atom. The van der Waals surface area contributed by atoms with E-state index in [2.05, 4.69) is 0 Å². The fourth-order valence-corrected chi connectivity index (χ4v) is 1.85. The highest BCUT2D eigenvalue weighted by molar-refractivity contribution is 5.70. The molecule has 3 atom stereocenters. The van der Waals surface area contributed by atoms with Crippen molar-refractivity contribution in [3.63, 3.8) is 0 Å². The summed E-state index contributed by atoms with van der Waals surface area (Å²) in [4.78, 5) is 10.6. The van der Waals surface area contributed by atoms with Gasteiger partial charge >= 0.3 is 5.97 Å². The normalized spacial score (nSPS) is 37.5. The van der Waals surface area contributed by atoms with Crippen LogP contribution in [0.3, 0.4) is 0 Å². The molecule has 1 aliphatic carbocycles. The number of rotatable bonds is 2. The standard InChI is InChI=1S/C8H14O3/c1-2-5-3-6(9)4-7(5)8(10)11/h5-7,9H,2-4H2,1H3,(H,10,11)/t5?,6-,7?/m1/s1. The second-order valence-electron chi connectivity index (χ2n) is 3.24. The molecule has 0 spiro atoms. The molecule has 3 heteroatoms. The molecule has 1 rings (SSSR count). The zero-order valence-corrected chi connectivity index (χ0v) is 6.66. The highest BCUT2D eigenvalue weighted by atomic mass is 16.4. The molecular formula is C8H14O3. The Hall–Kier alpha value is -0.570. The number of aliphatic hydroxyl groups excluding tert-OH is 1. The van der Waals surface area contributed by atoms with E-state index in [-0.39, 0.29) is 17.9 Å². The minimum atomic E-state index is -0.756. The molecule has 0 radical (unpaired) electrons. The minimum absolute atomic E-state index is 0.183. The first-order chi connectivity index (χ1) is 5.15. The Morgan fingerprint density at radius 1 is 1.55 bits per heavy atom. The summed E-state index contributed by atoms with van der Waals surface area (Å²) in [5, 5.41) is 17.9. The van der Waals surface area contributed by atoms with Gasteiger partial charge in [-0.15, -0.1) is 0 Å². The van der Waals surface area contributed by atoms with Crippen LogP contribution in [0.4, 0.5) is 0 Å². The van der Waals surface area contributed by atoms with Gasteiger partial charge in [0.05, 0.1) is 12.0 Å². The number of hydrogen-bond donors (Lipinski definition) is 2. The van der Waals surface area contributed by atoms with Crippen LogP contribution in [0.25, 0.3) is 0 Å². The van der Waals surface area contributed by atoms with Gasteiger partial charge in [0.2, 0.25) is 0 Å². The fourth-order valence-electron chi connectivity index (χ4n) is 1.85. The van der Waals surface area contributed by atoms with Crippen LogP contribution in [0, 0.1) is 11.8 Å². The van der Waals surface area contributed by atoms with Gasteiger partial charge in [-0.3, -0.25) is 4.79 Å². The topological polar surface area (TPSA) is 57.5 Å².